The van der Waals surface area contributed by atoms with Crippen molar-refractivity contribution in [3.63, 3.8) is 0 Å². The molecule has 0 spiro atoms. The van der Waals surface area contributed by atoms with Gasteiger partial charge in [0.1, 0.15) is 0 Å². The molecule has 2 aliphatic rings. The first kappa shape index (κ1) is 22.9. The number of thioether (sulfide) groups is 1. The molecule has 1 saturated heterocycles. The quantitative estimate of drug-likeness (QED) is 0.496. The summed E-state index contributed by atoms with van der Waals surface area (Å²) >= 11 is 7.49. The fourth-order valence-corrected chi connectivity index (χ4v) is 5.83. The van der Waals surface area contributed by atoms with Gasteiger partial charge in [0.05, 0.1) is 10.6 Å². The van der Waals surface area contributed by atoms with Gasteiger partial charge >= 0.3 is 0 Å². The Morgan fingerprint density at radius 1 is 1.25 bits per heavy atom. The van der Waals surface area contributed by atoms with Crippen molar-refractivity contribution in [2.75, 3.05) is 11.4 Å². The summed E-state index contributed by atoms with van der Waals surface area (Å²) in [5, 5.41) is 4.10. The Labute approximate surface area is 200 Å². The van der Waals surface area contributed by atoms with E-state index in [-0.39, 0.29) is 11.4 Å². The Hall–Kier alpha value is -2.24. The second-order valence-corrected chi connectivity index (χ2v) is 10.8. The van der Waals surface area contributed by atoms with Gasteiger partial charge in [-0.15, -0.1) is 0 Å². The average Bonchev–Trinajstić information content (AvgIpc) is 3.04. The van der Waals surface area contributed by atoms with E-state index in [4.69, 9.17) is 11.6 Å². The first-order valence-electron chi connectivity index (χ1n) is 11.1. The second kappa shape index (κ2) is 8.60. The third-order valence-electron chi connectivity index (χ3n) is 6.42. The van der Waals surface area contributed by atoms with Gasteiger partial charge < -0.3 is 10.2 Å². The lowest BCUT2D eigenvalue weighted by Crippen LogP contribution is -2.48. The van der Waals surface area contributed by atoms with E-state index in [2.05, 4.69) is 62.0 Å². The standard InChI is InChI=1S/C26H30ClN3OS/c1-7-30-22-10-16(3)18(11-20(22)17(4)14-26(30,5)6)12-23-24(31)29-25(32-23)28-21-13-19(27)9-8-15(21)2/h8-13,17H,7,14H2,1-6H3,(H,28,29,31)/b23-12+. The molecule has 0 radical (unpaired) electrons. The Morgan fingerprint density at radius 3 is 2.72 bits per heavy atom. The van der Waals surface area contributed by atoms with Gasteiger partial charge in [-0.2, -0.15) is 0 Å². The Balaban J connectivity index is 1.67. The molecule has 0 saturated carbocycles. The maximum absolute atomic E-state index is 12.7. The highest BCUT2D eigenvalue weighted by molar-refractivity contribution is 8.18. The summed E-state index contributed by atoms with van der Waals surface area (Å²) in [5.41, 5.74) is 6.85. The molecule has 32 heavy (non-hydrogen) atoms. The zero-order chi connectivity index (χ0) is 23.2. The van der Waals surface area contributed by atoms with Crippen molar-refractivity contribution >= 4 is 51.9 Å². The van der Waals surface area contributed by atoms with Gasteiger partial charge in [-0.1, -0.05) is 24.6 Å². The molecule has 2 aromatic carbocycles. The number of benzene rings is 2. The van der Waals surface area contributed by atoms with Crippen molar-refractivity contribution in [3.05, 3.63) is 62.5 Å². The molecule has 4 rings (SSSR count). The number of rotatable bonds is 3. The fourth-order valence-electron chi connectivity index (χ4n) is 4.84. The van der Waals surface area contributed by atoms with Crippen LogP contribution in [0.3, 0.4) is 0 Å². The van der Waals surface area contributed by atoms with Crippen LogP contribution >= 0.6 is 23.4 Å². The monoisotopic (exact) mass is 467 g/mol. The molecule has 1 unspecified atom stereocenters. The van der Waals surface area contributed by atoms with E-state index in [9.17, 15) is 4.79 Å². The normalized spacial score (nSPS) is 22.4. The molecule has 2 heterocycles. The molecule has 1 atom stereocenters. The third-order valence-corrected chi connectivity index (χ3v) is 7.57. The highest BCUT2D eigenvalue weighted by Crippen LogP contribution is 2.44. The minimum Gasteiger partial charge on any atom is -0.366 e. The molecule has 168 valence electrons. The van der Waals surface area contributed by atoms with Crippen LogP contribution in [-0.4, -0.2) is 23.2 Å². The Bertz CT molecular complexity index is 1150. The summed E-state index contributed by atoms with van der Waals surface area (Å²) in [6.45, 7) is 14.2. The van der Waals surface area contributed by atoms with Gasteiger partial charge in [-0.25, -0.2) is 4.99 Å². The second-order valence-electron chi connectivity index (χ2n) is 9.34. The van der Waals surface area contributed by atoms with E-state index in [0.717, 1.165) is 29.8 Å². The van der Waals surface area contributed by atoms with E-state index in [1.807, 2.05) is 31.2 Å². The van der Waals surface area contributed by atoms with Gasteiger partial charge in [-0.3, -0.25) is 4.79 Å². The first-order valence-corrected chi connectivity index (χ1v) is 12.3. The van der Waals surface area contributed by atoms with E-state index in [1.165, 1.54) is 28.6 Å². The SMILES string of the molecule is CCN1c2cc(C)c(/C=C3/SC(=Nc4cc(Cl)ccc4C)NC3=O)cc2C(C)CC1(C)C. The van der Waals surface area contributed by atoms with Gasteiger partial charge in [0.2, 0.25) is 0 Å². The van der Waals surface area contributed by atoms with Gasteiger partial charge in [0.15, 0.2) is 5.17 Å². The zero-order valence-corrected chi connectivity index (χ0v) is 21.1. The number of amides is 1. The summed E-state index contributed by atoms with van der Waals surface area (Å²) in [6, 6.07) is 10.1. The number of hydrogen-bond donors (Lipinski definition) is 1. The van der Waals surface area contributed by atoms with Crippen molar-refractivity contribution in [1.82, 2.24) is 5.32 Å². The average molecular weight is 468 g/mol. The van der Waals surface area contributed by atoms with Crippen LogP contribution in [0.2, 0.25) is 5.02 Å². The number of amidine groups is 1. The molecule has 1 fully saturated rings. The lowest BCUT2D eigenvalue weighted by molar-refractivity contribution is -0.115. The number of nitrogens with zero attached hydrogens (tertiary/aromatic N) is 2. The lowest BCUT2D eigenvalue weighted by Gasteiger charge is -2.47. The van der Waals surface area contributed by atoms with Crippen molar-refractivity contribution in [3.8, 4) is 0 Å². The Kier molecular flexibility index (Phi) is 6.17. The number of fused-ring (bicyclic) bond motifs is 1. The third kappa shape index (κ3) is 4.33. The molecule has 6 heteroatoms. The molecule has 2 aromatic rings. The van der Waals surface area contributed by atoms with Crippen molar-refractivity contribution in [1.29, 1.82) is 0 Å². The molecule has 2 aliphatic heterocycles. The van der Waals surface area contributed by atoms with Crippen molar-refractivity contribution in [2.24, 2.45) is 4.99 Å². The molecule has 0 bridgehead atoms. The smallest absolute Gasteiger partial charge is 0.264 e. The summed E-state index contributed by atoms with van der Waals surface area (Å²) in [6.07, 6.45) is 3.10. The number of hydrogen-bond acceptors (Lipinski definition) is 4. The van der Waals surface area contributed by atoms with Crippen molar-refractivity contribution in [2.45, 2.75) is 59.4 Å². The molecular formula is C26H30ClN3OS. The van der Waals surface area contributed by atoms with Crippen LogP contribution in [0.25, 0.3) is 6.08 Å². The van der Waals surface area contributed by atoms with Crippen LogP contribution in [0.5, 0.6) is 0 Å². The van der Waals surface area contributed by atoms with E-state index in [1.54, 1.807) is 0 Å². The predicted molar refractivity (Wildman–Crippen MR) is 138 cm³/mol. The summed E-state index contributed by atoms with van der Waals surface area (Å²) in [4.78, 5) is 20.4. The van der Waals surface area contributed by atoms with Crippen LogP contribution < -0.4 is 10.2 Å². The minimum atomic E-state index is -0.116. The van der Waals surface area contributed by atoms with E-state index >= 15 is 0 Å². The van der Waals surface area contributed by atoms with E-state index < -0.39 is 0 Å². The molecule has 0 aliphatic carbocycles. The number of aryl methyl sites for hydroxylation is 2. The molecule has 1 N–H and O–H groups in total. The highest BCUT2D eigenvalue weighted by Gasteiger charge is 2.36. The molecular weight excluding hydrogens is 438 g/mol. The predicted octanol–water partition coefficient (Wildman–Crippen LogP) is 6.96. The Morgan fingerprint density at radius 2 is 2.00 bits per heavy atom. The van der Waals surface area contributed by atoms with Crippen LogP contribution in [0.1, 0.15) is 62.3 Å². The maximum Gasteiger partial charge on any atom is 0.264 e. The van der Waals surface area contributed by atoms with Crippen molar-refractivity contribution < 1.29 is 4.79 Å². The van der Waals surface area contributed by atoms with Crippen LogP contribution in [0.15, 0.2) is 40.2 Å². The van der Waals surface area contributed by atoms with E-state index in [0.29, 0.717) is 21.0 Å². The fraction of sp³-hybridized carbons (Fsp3) is 0.385. The molecule has 0 aromatic heterocycles. The summed E-state index contributed by atoms with van der Waals surface area (Å²) < 4.78 is 0. The zero-order valence-electron chi connectivity index (χ0n) is 19.5. The summed E-state index contributed by atoms with van der Waals surface area (Å²) in [5.74, 6) is 0.350. The largest absolute Gasteiger partial charge is 0.366 e. The molecule has 1 amide bonds. The maximum atomic E-state index is 12.7. The van der Waals surface area contributed by atoms with Crippen LogP contribution in [0.4, 0.5) is 11.4 Å². The number of nitrogens with one attached hydrogen (secondary N) is 1. The number of aliphatic imine (C=N–C) groups is 1. The highest BCUT2D eigenvalue weighted by atomic mass is 35.5. The summed E-state index contributed by atoms with van der Waals surface area (Å²) in [7, 11) is 0. The van der Waals surface area contributed by atoms with Crippen LogP contribution in [0, 0.1) is 13.8 Å². The van der Waals surface area contributed by atoms with Gasteiger partial charge in [-0.05, 0) is 111 Å². The van der Waals surface area contributed by atoms with Gasteiger partial charge in [0.25, 0.3) is 5.91 Å². The number of carbonyl (C=O) groups excluding carboxylic acids is 1. The topological polar surface area (TPSA) is 44.7 Å². The number of anilines is 1. The lowest BCUT2D eigenvalue weighted by atomic mass is 9.79. The first-order chi connectivity index (χ1) is 15.1. The number of halogens is 1. The molecule has 4 nitrogen and oxygen atoms in total. The number of carbonyl (C=O) groups is 1. The minimum absolute atomic E-state index is 0.116. The van der Waals surface area contributed by atoms with Gasteiger partial charge in [0, 0.05) is 22.8 Å². The van der Waals surface area contributed by atoms with Crippen LogP contribution in [-0.2, 0) is 4.79 Å².